The monoisotopic (exact) mass is 313 g/mol. The second kappa shape index (κ2) is 6.14. The Morgan fingerprint density at radius 3 is 1.95 bits per heavy atom. The molecule has 0 bridgehead atoms. The molecule has 0 aromatic heterocycles. The van der Waals surface area contributed by atoms with Gasteiger partial charge in [0.1, 0.15) is 0 Å². The van der Waals surface area contributed by atoms with Crippen LogP contribution in [0.4, 0.5) is 0 Å². The number of aryl methyl sites for hydroxylation is 3. The Balaban J connectivity index is 2.46. The highest BCUT2D eigenvalue weighted by atomic mass is 31.1. The predicted octanol–water partition coefficient (Wildman–Crippen LogP) is 4.73. The average molecular weight is 313 g/mol. The summed E-state index contributed by atoms with van der Waals surface area (Å²) in [5.41, 5.74) is 3.74. The minimum Gasteiger partial charge on any atom is -0.289 e. The third-order valence-corrected chi connectivity index (χ3v) is 5.94. The smallest absolute Gasteiger partial charge is 0.289 e. The van der Waals surface area contributed by atoms with E-state index >= 15 is 0 Å². The van der Waals surface area contributed by atoms with Gasteiger partial charge in [0.05, 0.1) is 0 Å². The fourth-order valence-electron chi connectivity index (χ4n) is 2.82. The van der Waals surface area contributed by atoms with Crippen LogP contribution in [0.5, 0.6) is 0 Å². The van der Waals surface area contributed by atoms with Gasteiger partial charge in [0, 0.05) is 5.56 Å². The number of hydrogen-bond donors (Lipinski definition) is 0. The summed E-state index contributed by atoms with van der Waals surface area (Å²) in [7, 11) is -1.81. The molecule has 2 rings (SSSR count). The van der Waals surface area contributed by atoms with Crippen LogP contribution in [0.25, 0.3) is 0 Å². The maximum absolute atomic E-state index is 13.1. The molecule has 1 unspecified atom stereocenters. The van der Waals surface area contributed by atoms with E-state index in [1.807, 2.05) is 63.2 Å². The van der Waals surface area contributed by atoms with Crippen molar-refractivity contribution >= 4 is 18.9 Å². The van der Waals surface area contributed by atoms with E-state index in [0.29, 0.717) is 5.56 Å². The molecular weight excluding hydrogens is 291 g/mol. The van der Waals surface area contributed by atoms with Gasteiger partial charge in [-0.1, -0.05) is 40.5 Å². The van der Waals surface area contributed by atoms with Crippen LogP contribution in [-0.4, -0.2) is 10.9 Å². The lowest BCUT2D eigenvalue weighted by atomic mass is 9.91. The van der Waals surface area contributed by atoms with Crippen molar-refractivity contribution in [2.24, 2.45) is 0 Å². The van der Waals surface area contributed by atoms with Gasteiger partial charge < -0.3 is 0 Å². The number of carbonyl (C=O) groups excluding carboxylic acids is 1. The number of ketones is 1. The van der Waals surface area contributed by atoms with Gasteiger partial charge in [0.2, 0.25) is 10.9 Å². The maximum Gasteiger partial charge on any atom is 0.390 e. The minimum atomic E-state index is -1.81. The highest BCUT2D eigenvalue weighted by molar-refractivity contribution is 7.56. The molecule has 0 radical (unpaired) electrons. The molecule has 2 aromatic rings. The molecule has 22 heavy (non-hydrogen) atoms. The second-order valence-electron chi connectivity index (χ2n) is 6.29. The molecular formula is C19H22O2P+. The van der Waals surface area contributed by atoms with E-state index in [9.17, 15) is 9.36 Å². The van der Waals surface area contributed by atoms with Gasteiger partial charge in [0.15, 0.2) is 5.30 Å². The number of hydrogen-bond acceptors (Lipinski definition) is 2. The van der Waals surface area contributed by atoms with Crippen molar-refractivity contribution in [3.05, 3.63) is 64.7 Å². The summed E-state index contributed by atoms with van der Waals surface area (Å²) in [6.07, 6.45) is 0. The van der Waals surface area contributed by atoms with E-state index < -0.39 is 13.0 Å². The summed E-state index contributed by atoms with van der Waals surface area (Å²) >= 11 is 0. The van der Waals surface area contributed by atoms with Crippen LogP contribution in [0.1, 0.15) is 40.9 Å². The van der Waals surface area contributed by atoms with Crippen molar-refractivity contribution < 1.29 is 9.36 Å². The second-order valence-corrected chi connectivity index (χ2v) is 8.51. The topological polar surface area (TPSA) is 34.1 Å². The van der Waals surface area contributed by atoms with E-state index in [1.165, 1.54) is 0 Å². The summed E-state index contributed by atoms with van der Waals surface area (Å²) in [4.78, 5) is 13.1. The number of Topliss-reactive ketones (excluding diaryl/α,β-unsaturated/α-hetero) is 1. The molecule has 1 atom stereocenters. The van der Waals surface area contributed by atoms with Gasteiger partial charge in [-0.15, -0.1) is 0 Å². The molecule has 2 nitrogen and oxygen atoms in total. The fourth-order valence-corrected chi connectivity index (χ4v) is 4.21. The van der Waals surface area contributed by atoms with Crippen molar-refractivity contribution in [3.8, 4) is 0 Å². The Labute approximate surface area is 133 Å². The maximum atomic E-state index is 13.1. The number of rotatable bonds is 4. The standard InChI is InChI=1S/C19H22O2P/c1-13-11-14(2)17(15(3)12-13)18(20)19(4,5)22(21)16-9-7-6-8-10-16/h6-12H,1-5H3/q+1. The van der Waals surface area contributed by atoms with E-state index in [-0.39, 0.29) is 5.78 Å². The molecule has 0 aliphatic rings. The summed E-state index contributed by atoms with van der Waals surface area (Å²) in [5, 5.41) is -0.208. The molecule has 0 aliphatic carbocycles. The Bertz CT molecular complexity index is 707. The van der Waals surface area contributed by atoms with Crippen LogP contribution in [0.3, 0.4) is 0 Å². The Morgan fingerprint density at radius 2 is 1.45 bits per heavy atom. The molecule has 2 aromatic carbocycles. The highest BCUT2D eigenvalue weighted by Crippen LogP contribution is 2.41. The van der Waals surface area contributed by atoms with Crippen LogP contribution in [0.2, 0.25) is 0 Å². The summed E-state index contributed by atoms with van der Waals surface area (Å²) < 4.78 is 12.9. The lowest BCUT2D eigenvalue weighted by molar-refractivity contribution is 0.0953. The largest absolute Gasteiger partial charge is 0.390 e. The first-order valence-electron chi connectivity index (χ1n) is 7.40. The van der Waals surface area contributed by atoms with Gasteiger partial charge in [-0.05, 0) is 57.9 Å². The van der Waals surface area contributed by atoms with E-state index in [1.54, 1.807) is 13.8 Å². The summed E-state index contributed by atoms with van der Waals surface area (Å²) in [6, 6.07) is 13.2. The van der Waals surface area contributed by atoms with Gasteiger partial charge in [-0.3, -0.25) is 4.79 Å². The van der Waals surface area contributed by atoms with E-state index in [4.69, 9.17) is 0 Å². The first-order chi connectivity index (χ1) is 10.2. The number of benzene rings is 2. The zero-order valence-electron chi connectivity index (χ0n) is 13.8. The molecule has 0 aliphatic heterocycles. The molecule has 0 heterocycles. The average Bonchev–Trinajstić information content (AvgIpc) is 2.46. The minimum absolute atomic E-state index is 0.0486. The lowest BCUT2D eigenvalue weighted by Gasteiger charge is -2.16. The van der Waals surface area contributed by atoms with Crippen LogP contribution in [0, 0.1) is 20.8 Å². The van der Waals surface area contributed by atoms with Crippen molar-refractivity contribution in [1.29, 1.82) is 0 Å². The Hall–Kier alpha value is -1.79. The van der Waals surface area contributed by atoms with Crippen LogP contribution >= 0.6 is 7.80 Å². The highest BCUT2D eigenvalue weighted by Gasteiger charge is 2.49. The van der Waals surface area contributed by atoms with Gasteiger partial charge in [-0.25, -0.2) is 0 Å². The van der Waals surface area contributed by atoms with E-state index in [2.05, 4.69) is 0 Å². The third-order valence-electron chi connectivity index (χ3n) is 3.96. The van der Waals surface area contributed by atoms with Crippen LogP contribution in [-0.2, 0) is 4.57 Å². The molecule has 3 heteroatoms. The van der Waals surface area contributed by atoms with Gasteiger partial charge in [-0.2, -0.15) is 0 Å². The van der Waals surface area contributed by atoms with Crippen molar-refractivity contribution in [2.75, 3.05) is 0 Å². The molecule has 0 saturated heterocycles. The summed E-state index contributed by atoms with van der Waals surface area (Å²) in [5.74, 6) is -0.0486. The molecule has 0 N–H and O–H groups in total. The zero-order chi connectivity index (χ0) is 16.5. The number of carbonyl (C=O) groups is 1. The van der Waals surface area contributed by atoms with Crippen molar-refractivity contribution in [3.63, 3.8) is 0 Å². The van der Waals surface area contributed by atoms with Gasteiger partial charge >= 0.3 is 7.80 Å². The molecule has 0 saturated carbocycles. The summed E-state index contributed by atoms with van der Waals surface area (Å²) in [6.45, 7) is 9.46. The zero-order valence-corrected chi connectivity index (χ0v) is 14.7. The first kappa shape index (κ1) is 16.6. The molecule has 0 spiro atoms. The lowest BCUT2D eigenvalue weighted by Crippen LogP contribution is -2.31. The third kappa shape index (κ3) is 3.03. The predicted molar refractivity (Wildman–Crippen MR) is 92.7 cm³/mol. The van der Waals surface area contributed by atoms with Crippen molar-refractivity contribution in [1.82, 2.24) is 0 Å². The van der Waals surface area contributed by atoms with E-state index in [0.717, 1.165) is 22.0 Å². The molecule has 114 valence electrons. The quantitative estimate of drug-likeness (QED) is 0.604. The molecule has 0 fully saturated rings. The normalized spacial score (nSPS) is 12.1. The van der Waals surface area contributed by atoms with Crippen LogP contribution < -0.4 is 5.30 Å². The molecule has 0 amide bonds. The van der Waals surface area contributed by atoms with Gasteiger partial charge in [0.25, 0.3) is 0 Å². The SMILES string of the molecule is Cc1cc(C)c(C(=O)C(C)(C)[P+](=O)c2ccccc2)c(C)c1. The first-order valence-corrected chi connectivity index (χ1v) is 8.66. The Morgan fingerprint density at radius 1 is 0.955 bits per heavy atom. The Kier molecular flexibility index (Phi) is 4.63. The van der Waals surface area contributed by atoms with Crippen LogP contribution in [0.15, 0.2) is 42.5 Å². The van der Waals surface area contributed by atoms with Crippen molar-refractivity contribution in [2.45, 2.75) is 39.8 Å². The fraction of sp³-hybridized carbons (Fsp3) is 0.316.